The summed E-state index contributed by atoms with van der Waals surface area (Å²) in [5, 5.41) is 14.0. The third-order valence-corrected chi connectivity index (χ3v) is 3.19. The Hall–Kier alpha value is -0.520. The third-order valence-electron chi connectivity index (χ3n) is 2.66. The largest absolute Gasteiger partial charge is 0.489 e. The highest BCUT2D eigenvalue weighted by molar-refractivity contribution is 6.35. The van der Waals surface area contributed by atoms with E-state index in [1.807, 2.05) is 14.1 Å². The van der Waals surface area contributed by atoms with E-state index in [0.29, 0.717) is 22.3 Å². The van der Waals surface area contributed by atoms with E-state index in [1.165, 1.54) is 0 Å². The molecule has 4 nitrogen and oxygen atoms in total. The van der Waals surface area contributed by atoms with Crippen molar-refractivity contribution in [2.45, 2.75) is 12.5 Å². The molecule has 0 spiro atoms. The van der Waals surface area contributed by atoms with Crippen molar-refractivity contribution in [2.24, 2.45) is 0 Å². The molecular formula is C14H22Cl2N2O2. The number of aliphatic hydroxyl groups is 1. The number of hydrogen-bond donors (Lipinski definition) is 2. The smallest absolute Gasteiger partial charge is 0.138 e. The molecule has 1 unspecified atom stereocenters. The summed E-state index contributed by atoms with van der Waals surface area (Å²) in [4.78, 5) is 2.13. The molecule has 0 heterocycles. The van der Waals surface area contributed by atoms with Crippen LogP contribution in [0.5, 0.6) is 5.75 Å². The molecule has 0 aliphatic carbocycles. The van der Waals surface area contributed by atoms with Gasteiger partial charge in [0.05, 0.1) is 5.02 Å². The second kappa shape index (κ2) is 9.42. The van der Waals surface area contributed by atoms with Crippen LogP contribution in [0.4, 0.5) is 0 Å². The summed E-state index contributed by atoms with van der Waals surface area (Å²) < 4.78 is 5.46. The maximum absolute atomic E-state index is 9.80. The molecular weight excluding hydrogens is 299 g/mol. The molecule has 0 saturated heterocycles. The number of nitrogens with zero attached hydrogens (tertiary/aromatic N) is 1. The lowest BCUT2D eigenvalue weighted by Crippen LogP contribution is -2.32. The van der Waals surface area contributed by atoms with Crippen molar-refractivity contribution in [3.05, 3.63) is 28.2 Å². The van der Waals surface area contributed by atoms with E-state index in [-0.39, 0.29) is 6.61 Å². The lowest BCUT2D eigenvalue weighted by atomic mass is 10.3. The molecule has 0 aliphatic rings. The van der Waals surface area contributed by atoms with Gasteiger partial charge in [-0.3, -0.25) is 0 Å². The van der Waals surface area contributed by atoms with E-state index in [0.717, 1.165) is 19.5 Å². The van der Waals surface area contributed by atoms with Crippen LogP contribution < -0.4 is 10.1 Å². The Bertz CT molecular complexity index is 403. The Morgan fingerprint density at radius 3 is 2.75 bits per heavy atom. The number of hydrogen-bond acceptors (Lipinski definition) is 4. The SMILES string of the molecule is CN(C)CCCNCC(O)COc1ccc(Cl)cc1Cl. The third kappa shape index (κ3) is 7.31. The molecule has 0 saturated carbocycles. The van der Waals surface area contributed by atoms with E-state index in [4.69, 9.17) is 27.9 Å². The van der Waals surface area contributed by atoms with Crippen molar-refractivity contribution in [1.29, 1.82) is 0 Å². The summed E-state index contributed by atoms with van der Waals surface area (Å²) in [6, 6.07) is 5.01. The molecule has 0 amide bonds. The minimum absolute atomic E-state index is 0.196. The zero-order chi connectivity index (χ0) is 15.0. The van der Waals surface area contributed by atoms with Gasteiger partial charge in [0, 0.05) is 11.6 Å². The number of nitrogens with one attached hydrogen (secondary N) is 1. The Kier molecular flexibility index (Phi) is 8.26. The molecule has 0 aromatic heterocycles. The molecule has 0 aliphatic heterocycles. The van der Waals surface area contributed by atoms with Gasteiger partial charge in [0.25, 0.3) is 0 Å². The molecule has 1 aromatic rings. The lowest BCUT2D eigenvalue weighted by Gasteiger charge is -2.15. The second-order valence-electron chi connectivity index (χ2n) is 4.90. The summed E-state index contributed by atoms with van der Waals surface area (Å²) in [5.41, 5.74) is 0. The molecule has 0 fully saturated rings. The first-order valence-electron chi connectivity index (χ1n) is 6.60. The van der Waals surface area contributed by atoms with Crippen LogP contribution in [0, 0.1) is 0 Å². The summed E-state index contributed by atoms with van der Waals surface area (Å²) in [6.45, 7) is 2.59. The molecule has 1 aromatic carbocycles. The van der Waals surface area contributed by atoms with Gasteiger partial charge >= 0.3 is 0 Å². The Balaban J connectivity index is 2.18. The van der Waals surface area contributed by atoms with E-state index in [9.17, 15) is 5.11 Å². The van der Waals surface area contributed by atoms with Gasteiger partial charge in [-0.1, -0.05) is 23.2 Å². The lowest BCUT2D eigenvalue weighted by molar-refractivity contribution is 0.106. The van der Waals surface area contributed by atoms with E-state index in [1.54, 1.807) is 18.2 Å². The maximum atomic E-state index is 9.80. The van der Waals surface area contributed by atoms with E-state index >= 15 is 0 Å². The van der Waals surface area contributed by atoms with E-state index in [2.05, 4.69) is 10.2 Å². The summed E-state index contributed by atoms with van der Waals surface area (Å²) in [6.07, 6.45) is 0.477. The number of rotatable bonds is 9. The maximum Gasteiger partial charge on any atom is 0.138 e. The van der Waals surface area contributed by atoms with Crippen molar-refractivity contribution < 1.29 is 9.84 Å². The first-order valence-corrected chi connectivity index (χ1v) is 7.36. The summed E-state index contributed by atoms with van der Waals surface area (Å²) in [7, 11) is 4.08. The van der Waals surface area contributed by atoms with Crippen LogP contribution >= 0.6 is 23.2 Å². The van der Waals surface area contributed by atoms with Crippen LogP contribution in [-0.2, 0) is 0 Å². The van der Waals surface area contributed by atoms with Crippen molar-refractivity contribution in [2.75, 3.05) is 40.3 Å². The minimum Gasteiger partial charge on any atom is -0.489 e. The predicted octanol–water partition coefficient (Wildman–Crippen LogP) is 2.27. The quantitative estimate of drug-likeness (QED) is 0.685. The molecule has 0 radical (unpaired) electrons. The van der Waals surface area contributed by atoms with Gasteiger partial charge in [0.15, 0.2) is 0 Å². The fourth-order valence-corrected chi connectivity index (χ4v) is 2.09. The van der Waals surface area contributed by atoms with Crippen LogP contribution in [0.15, 0.2) is 18.2 Å². The zero-order valence-corrected chi connectivity index (χ0v) is 13.4. The summed E-state index contributed by atoms with van der Waals surface area (Å²) >= 11 is 11.8. The summed E-state index contributed by atoms with van der Waals surface area (Å²) in [5.74, 6) is 0.530. The van der Waals surface area contributed by atoms with Crippen molar-refractivity contribution >= 4 is 23.2 Å². The van der Waals surface area contributed by atoms with Crippen molar-refractivity contribution in [1.82, 2.24) is 10.2 Å². The molecule has 1 rings (SSSR count). The standard InChI is InChI=1S/C14H22Cl2N2O2/c1-18(2)7-3-6-17-9-12(19)10-20-14-5-4-11(15)8-13(14)16/h4-5,8,12,17,19H,3,6-7,9-10H2,1-2H3. The first kappa shape index (κ1) is 17.5. The van der Waals surface area contributed by atoms with Crippen LogP contribution in [0.3, 0.4) is 0 Å². The van der Waals surface area contributed by atoms with Gasteiger partial charge < -0.3 is 20.1 Å². The average Bonchev–Trinajstić information content (AvgIpc) is 2.37. The van der Waals surface area contributed by atoms with Crippen LogP contribution in [-0.4, -0.2) is 56.4 Å². The number of benzene rings is 1. The molecule has 6 heteroatoms. The zero-order valence-electron chi connectivity index (χ0n) is 11.9. The molecule has 0 bridgehead atoms. The Labute approximate surface area is 130 Å². The molecule has 20 heavy (non-hydrogen) atoms. The van der Waals surface area contributed by atoms with Gasteiger partial charge in [-0.15, -0.1) is 0 Å². The number of ether oxygens (including phenoxy) is 1. The normalized spacial score (nSPS) is 12.7. The van der Waals surface area contributed by atoms with Crippen LogP contribution in [0.2, 0.25) is 10.0 Å². The minimum atomic E-state index is -0.568. The van der Waals surface area contributed by atoms with Gasteiger partial charge in [-0.05, 0) is 51.8 Å². The topological polar surface area (TPSA) is 44.7 Å². The van der Waals surface area contributed by atoms with Crippen molar-refractivity contribution in [3.8, 4) is 5.75 Å². The van der Waals surface area contributed by atoms with Gasteiger partial charge in [0.1, 0.15) is 18.5 Å². The van der Waals surface area contributed by atoms with Crippen LogP contribution in [0.25, 0.3) is 0 Å². The fourth-order valence-electron chi connectivity index (χ4n) is 1.63. The fraction of sp³-hybridized carbons (Fsp3) is 0.571. The number of aliphatic hydroxyl groups excluding tert-OH is 1. The number of halogens is 2. The molecule has 2 N–H and O–H groups in total. The molecule has 114 valence electrons. The highest BCUT2D eigenvalue weighted by Gasteiger charge is 2.07. The predicted molar refractivity (Wildman–Crippen MR) is 84.0 cm³/mol. The Morgan fingerprint density at radius 1 is 1.35 bits per heavy atom. The second-order valence-corrected chi connectivity index (χ2v) is 5.74. The van der Waals surface area contributed by atoms with E-state index < -0.39 is 6.10 Å². The van der Waals surface area contributed by atoms with Gasteiger partial charge in [0.2, 0.25) is 0 Å². The monoisotopic (exact) mass is 320 g/mol. The van der Waals surface area contributed by atoms with Gasteiger partial charge in [-0.2, -0.15) is 0 Å². The van der Waals surface area contributed by atoms with Crippen LogP contribution in [0.1, 0.15) is 6.42 Å². The average molecular weight is 321 g/mol. The first-order chi connectivity index (χ1) is 9.49. The van der Waals surface area contributed by atoms with Gasteiger partial charge in [-0.25, -0.2) is 0 Å². The highest BCUT2D eigenvalue weighted by atomic mass is 35.5. The Morgan fingerprint density at radius 2 is 2.10 bits per heavy atom. The molecule has 1 atom stereocenters. The van der Waals surface area contributed by atoms with Crippen molar-refractivity contribution in [3.63, 3.8) is 0 Å². The highest BCUT2D eigenvalue weighted by Crippen LogP contribution is 2.27.